The van der Waals surface area contributed by atoms with Crippen molar-refractivity contribution in [2.75, 3.05) is 19.4 Å². The molecule has 1 atom stereocenters. The molecular weight excluding hydrogens is 474 g/mol. The number of para-hydroxylation sites is 1. The van der Waals surface area contributed by atoms with Crippen LogP contribution in [0.3, 0.4) is 0 Å². The van der Waals surface area contributed by atoms with Crippen molar-refractivity contribution in [3.8, 4) is 11.3 Å². The quantitative estimate of drug-likeness (QED) is 0.263. The van der Waals surface area contributed by atoms with E-state index in [-0.39, 0.29) is 16.4 Å². The van der Waals surface area contributed by atoms with Gasteiger partial charge in [-0.25, -0.2) is 0 Å². The number of hydrogen-bond acceptors (Lipinski definition) is 5. The van der Waals surface area contributed by atoms with Crippen molar-refractivity contribution in [3.63, 3.8) is 0 Å². The van der Waals surface area contributed by atoms with Gasteiger partial charge in [-0.15, -0.1) is 4.40 Å². The third-order valence-corrected chi connectivity index (χ3v) is 7.13. The summed E-state index contributed by atoms with van der Waals surface area (Å²) >= 11 is 0. The highest BCUT2D eigenvalue weighted by Crippen LogP contribution is 2.33. The molecule has 1 aromatic heterocycles. The topological polar surface area (TPSA) is 92.0 Å². The third kappa shape index (κ3) is 5.04. The molecule has 8 heteroatoms. The van der Waals surface area contributed by atoms with Gasteiger partial charge in [-0.1, -0.05) is 48.5 Å². The van der Waals surface area contributed by atoms with E-state index < -0.39 is 10.0 Å². The first-order valence-corrected chi connectivity index (χ1v) is 13.0. The van der Waals surface area contributed by atoms with Crippen molar-refractivity contribution in [1.29, 1.82) is 0 Å². The molecule has 0 bridgehead atoms. The fourth-order valence-electron chi connectivity index (χ4n) is 4.09. The molecule has 1 N–H and O–H groups in total. The first kappa shape index (κ1) is 25.2. The van der Waals surface area contributed by atoms with Gasteiger partial charge in [0.05, 0.1) is 17.1 Å². The Morgan fingerprint density at radius 2 is 1.67 bits per heavy atom. The molecule has 0 spiro atoms. The zero-order valence-corrected chi connectivity index (χ0v) is 21.8. The van der Waals surface area contributed by atoms with E-state index in [2.05, 4.69) is 9.71 Å². The number of rotatable bonds is 7. The molecule has 0 amide bonds. The predicted octanol–water partition coefficient (Wildman–Crippen LogP) is 5.53. The lowest BCUT2D eigenvalue weighted by Gasteiger charge is -2.20. The van der Waals surface area contributed by atoms with Crippen LogP contribution in [0.15, 0.2) is 85.2 Å². The van der Waals surface area contributed by atoms with Crippen molar-refractivity contribution in [2.24, 2.45) is 4.40 Å². The first-order valence-electron chi connectivity index (χ1n) is 11.5. The molecule has 4 rings (SSSR count). The molecular formula is C28H29N3O4S. The second kappa shape index (κ2) is 9.99. The molecule has 1 heterocycles. The third-order valence-electron chi connectivity index (χ3n) is 5.85. The van der Waals surface area contributed by atoms with E-state index in [1.807, 2.05) is 56.3 Å². The van der Waals surface area contributed by atoms with Crippen LogP contribution < -0.4 is 10.7 Å². The lowest BCUT2D eigenvalue weighted by molar-refractivity contribution is 0.595. The summed E-state index contributed by atoms with van der Waals surface area (Å²) in [5.74, 6) is 0.520. The maximum Gasteiger partial charge on any atom is 0.285 e. The van der Waals surface area contributed by atoms with Gasteiger partial charge in [0.15, 0.2) is 5.43 Å². The standard InChI is InChI=1S/C28H29N3O4S/c1-18-15-22(20(3)30-24-13-9-10-14-25(24)36(33,34)29-17-31(4)5)28-23(16-18)26(32)19(2)27(35-28)21-11-7-6-8-12-21/h6-17,20,30H,1-5H3/t20-/m1/s1. The van der Waals surface area contributed by atoms with Gasteiger partial charge in [0.25, 0.3) is 10.0 Å². The largest absolute Gasteiger partial charge is 0.455 e. The van der Waals surface area contributed by atoms with Gasteiger partial charge in [-0.2, -0.15) is 8.42 Å². The summed E-state index contributed by atoms with van der Waals surface area (Å²) in [6.45, 7) is 5.60. The minimum atomic E-state index is -3.93. The smallest absolute Gasteiger partial charge is 0.285 e. The molecule has 0 aliphatic carbocycles. The van der Waals surface area contributed by atoms with Crippen molar-refractivity contribution in [1.82, 2.24) is 4.90 Å². The average molecular weight is 504 g/mol. The number of sulfonamides is 1. The lowest BCUT2D eigenvalue weighted by Crippen LogP contribution is -2.14. The molecule has 3 aromatic carbocycles. The van der Waals surface area contributed by atoms with Crippen LogP contribution in [0, 0.1) is 13.8 Å². The van der Waals surface area contributed by atoms with Crippen LogP contribution in [0.2, 0.25) is 0 Å². The fourth-order valence-corrected chi connectivity index (χ4v) is 5.17. The molecule has 186 valence electrons. The Bertz CT molecular complexity index is 1610. The lowest BCUT2D eigenvalue weighted by atomic mass is 9.99. The number of nitrogens with one attached hydrogen (secondary N) is 1. The molecule has 0 aliphatic rings. The number of nitrogens with zero attached hydrogens (tertiary/aromatic N) is 2. The Labute approximate surface area is 211 Å². The van der Waals surface area contributed by atoms with E-state index in [1.54, 1.807) is 44.1 Å². The Kier molecular flexibility index (Phi) is 6.99. The molecule has 7 nitrogen and oxygen atoms in total. The molecule has 0 unspecified atom stereocenters. The Morgan fingerprint density at radius 1 is 1.00 bits per heavy atom. The van der Waals surface area contributed by atoms with E-state index in [0.29, 0.717) is 28.0 Å². The normalized spacial score (nSPS) is 12.7. The zero-order valence-electron chi connectivity index (χ0n) is 20.9. The summed E-state index contributed by atoms with van der Waals surface area (Å²) in [4.78, 5) is 15.0. The van der Waals surface area contributed by atoms with Gasteiger partial charge in [0.1, 0.15) is 22.6 Å². The maximum absolute atomic E-state index is 13.3. The molecule has 4 aromatic rings. The minimum absolute atomic E-state index is 0.0641. The van der Waals surface area contributed by atoms with Crippen molar-refractivity contribution >= 4 is 33.0 Å². The second-order valence-electron chi connectivity index (χ2n) is 9.00. The predicted molar refractivity (Wildman–Crippen MR) is 145 cm³/mol. The highest BCUT2D eigenvalue weighted by Gasteiger charge is 2.22. The highest BCUT2D eigenvalue weighted by molar-refractivity contribution is 7.90. The van der Waals surface area contributed by atoms with Gasteiger partial charge < -0.3 is 14.6 Å². The van der Waals surface area contributed by atoms with Crippen LogP contribution in [0.4, 0.5) is 5.69 Å². The van der Waals surface area contributed by atoms with E-state index in [0.717, 1.165) is 16.7 Å². The van der Waals surface area contributed by atoms with Gasteiger partial charge in [0, 0.05) is 30.8 Å². The molecule has 0 saturated carbocycles. The van der Waals surface area contributed by atoms with Crippen molar-refractivity contribution in [3.05, 3.63) is 93.6 Å². The minimum Gasteiger partial charge on any atom is -0.455 e. The SMILES string of the molecule is Cc1cc([C@@H](C)Nc2ccccc2S(=O)(=O)N=CN(C)C)c2oc(-c3ccccc3)c(C)c(=O)c2c1. The fraction of sp³-hybridized carbons (Fsp3) is 0.214. The number of benzene rings is 3. The van der Waals surface area contributed by atoms with Gasteiger partial charge in [0.2, 0.25) is 0 Å². The van der Waals surface area contributed by atoms with Crippen LogP contribution >= 0.6 is 0 Å². The van der Waals surface area contributed by atoms with Crippen molar-refractivity contribution in [2.45, 2.75) is 31.7 Å². The van der Waals surface area contributed by atoms with E-state index >= 15 is 0 Å². The van der Waals surface area contributed by atoms with Crippen LogP contribution in [0.5, 0.6) is 0 Å². The molecule has 36 heavy (non-hydrogen) atoms. The zero-order chi connectivity index (χ0) is 26.0. The number of fused-ring (bicyclic) bond motifs is 1. The maximum atomic E-state index is 13.3. The summed E-state index contributed by atoms with van der Waals surface area (Å²) in [5.41, 5.74) is 3.81. The van der Waals surface area contributed by atoms with Gasteiger partial charge in [-0.05, 0) is 44.5 Å². The Morgan fingerprint density at radius 3 is 2.36 bits per heavy atom. The highest BCUT2D eigenvalue weighted by atomic mass is 32.2. The van der Waals surface area contributed by atoms with Crippen LogP contribution in [0.1, 0.15) is 29.7 Å². The van der Waals surface area contributed by atoms with Crippen molar-refractivity contribution < 1.29 is 12.8 Å². The average Bonchev–Trinajstić information content (AvgIpc) is 2.85. The first-order chi connectivity index (χ1) is 17.1. The van der Waals surface area contributed by atoms with Gasteiger partial charge in [-0.3, -0.25) is 4.79 Å². The van der Waals surface area contributed by atoms with Crippen LogP contribution in [-0.4, -0.2) is 33.8 Å². The Balaban J connectivity index is 1.83. The summed E-state index contributed by atoms with van der Waals surface area (Å²) in [6, 6.07) is 19.5. The molecule has 0 saturated heterocycles. The van der Waals surface area contributed by atoms with Crippen LogP contribution in [0.25, 0.3) is 22.3 Å². The monoisotopic (exact) mass is 503 g/mol. The summed E-state index contributed by atoms with van der Waals surface area (Å²) < 4.78 is 36.0. The molecule has 0 radical (unpaired) electrons. The van der Waals surface area contributed by atoms with Crippen LogP contribution in [-0.2, 0) is 10.0 Å². The van der Waals surface area contributed by atoms with E-state index in [9.17, 15) is 13.2 Å². The number of aryl methyl sites for hydroxylation is 1. The van der Waals surface area contributed by atoms with E-state index in [1.165, 1.54) is 12.4 Å². The number of hydrogen-bond donors (Lipinski definition) is 1. The Hall–Kier alpha value is -3.91. The second-order valence-corrected chi connectivity index (χ2v) is 10.6. The van der Waals surface area contributed by atoms with Gasteiger partial charge >= 0.3 is 0 Å². The summed E-state index contributed by atoms with van der Waals surface area (Å²) in [6.07, 6.45) is 1.26. The molecule has 0 aliphatic heterocycles. The summed E-state index contributed by atoms with van der Waals surface area (Å²) in [7, 11) is -0.524. The molecule has 0 fully saturated rings. The summed E-state index contributed by atoms with van der Waals surface area (Å²) in [5, 5.41) is 3.80. The number of anilines is 1. The van der Waals surface area contributed by atoms with E-state index in [4.69, 9.17) is 4.42 Å².